The first-order valence-corrected chi connectivity index (χ1v) is 4.15. The minimum absolute atomic E-state index is 0.131. The number of methoxy groups -OCH3 is 2. The van der Waals surface area contributed by atoms with Gasteiger partial charge in [-0.25, -0.2) is 0 Å². The van der Waals surface area contributed by atoms with Crippen molar-refractivity contribution in [1.82, 2.24) is 4.90 Å². The van der Waals surface area contributed by atoms with Crippen molar-refractivity contribution in [3.63, 3.8) is 0 Å². The van der Waals surface area contributed by atoms with Gasteiger partial charge in [0.1, 0.15) is 0 Å². The fourth-order valence-corrected chi connectivity index (χ4v) is 0.931. The molecule has 0 rings (SSSR count). The fourth-order valence-electron chi connectivity index (χ4n) is 0.931. The zero-order chi connectivity index (χ0) is 9.40. The molecule has 0 aliphatic rings. The van der Waals surface area contributed by atoms with Gasteiger partial charge in [-0.2, -0.15) is 0 Å². The lowest BCUT2D eigenvalue weighted by Crippen LogP contribution is -2.37. The molecule has 1 atom stereocenters. The summed E-state index contributed by atoms with van der Waals surface area (Å²) in [4.78, 5) is 2.14. The summed E-state index contributed by atoms with van der Waals surface area (Å²) in [5.41, 5.74) is 5.48. The summed E-state index contributed by atoms with van der Waals surface area (Å²) in [6, 6.07) is 0. The van der Waals surface area contributed by atoms with Crippen LogP contribution in [-0.4, -0.2) is 58.5 Å². The maximum Gasteiger partial charge on any atom is 0.0820 e. The summed E-state index contributed by atoms with van der Waals surface area (Å²) in [6.07, 6.45) is 0.131. The molecule has 0 aliphatic heterocycles. The van der Waals surface area contributed by atoms with E-state index < -0.39 is 0 Å². The molecule has 74 valence electrons. The lowest BCUT2D eigenvalue weighted by molar-refractivity contribution is 0.0683. The van der Waals surface area contributed by atoms with Crippen LogP contribution in [0.5, 0.6) is 0 Å². The minimum atomic E-state index is 0.131. The van der Waals surface area contributed by atoms with Crippen molar-refractivity contribution in [2.24, 2.45) is 5.73 Å². The van der Waals surface area contributed by atoms with Gasteiger partial charge >= 0.3 is 0 Å². The maximum absolute atomic E-state index is 5.48. The monoisotopic (exact) mass is 176 g/mol. The van der Waals surface area contributed by atoms with E-state index >= 15 is 0 Å². The fraction of sp³-hybridized carbons (Fsp3) is 1.00. The molecule has 2 N–H and O–H groups in total. The Balaban J connectivity index is 3.44. The Morgan fingerprint density at radius 3 is 2.50 bits per heavy atom. The van der Waals surface area contributed by atoms with Crippen LogP contribution in [-0.2, 0) is 9.47 Å². The number of hydrogen-bond acceptors (Lipinski definition) is 4. The smallest absolute Gasteiger partial charge is 0.0820 e. The molecule has 0 radical (unpaired) electrons. The van der Waals surface area contributed by atoms with Crippen molar-refractivity contribution in [2.45, 2.75) is 6.10 Å². The van der Waals surface area contributed by atoms with E-state index in [2.05, 4.69) is 4.90 Å². The second-order valence-electron chi connectivity index (χ2n) is 2.85. The van der Waals surface area contributed by atoms with Gasteiger partial charge in [0, 0.05) is 33.9 Å². The Morgan fingerprint density at radius 1 is 1.42 bits per heavy atom. The molecule has 0 aliphatic carbocycles. The first-order valence-electron chi connectivity index (χ1n) is 4.15. The van der Waals surface area contributed by atoms with E-state index in [4.69, 9.17) is 15.2 Å². The van der Waals surface area contributed by atoms with Crippen molar-refractivity contribution in [3.8, 4) is 0 Å². The van der Waals surface area contributed by atoms with Crippen LogP contribution in [0, 0.1) is 0 Å². The Kier molecular flexibility index (Phi) is 7.39. The third-order valence-electron chi connectivity index (χ3n) is 1.79. The molecule has 0 aromatic heterocycles. The molecule has 4 nitrogen and oxygen atoms in total. The Bertz CT molecular complexity index is 97.1. The molecule has 0 spiro atoms. The Hall–Kier alpha value is -0.160. The number of hydrogen-bond donors (Lipinski definition) is 1. The van der Waals surface area contributed by atoms with Gasteiger partial charge in [-0.05, 0) is 7.05 Å². The van der Waals surface area contributed by atoms with Crippen LogP contribution in [0.4, 0.5) is 0 Å². The van der Waals surface area contributed by atoms with Gasteiger partial charge in [-0.1, -0.05) is 0 Å². The summed E-state index contributed by atoms with van der Waals surface area (Å²) in [6.45, 7) is 3.08. The first kappa shape index (κ1) is 11.8. The number of ether oxygens (including phenoxy) is 2. The molecule has 4 heteroatoms. The molecule has 0 heterocycles. The Labute approximate surface area is 74.6 Å². The van der Waals surface area contributed by atoms with E-state index in [1.807, 2.05) is 7.05 Å². The molecule has 0 fully saturated rings. The predicted octanol–water partition coefficient (Wildman–Crippen LogP) is -0.462. The number of nitrogens with two attached hydrogens (primary N) is 1. The minimum Gasteiger partial charge on any atom is -0.383 e. The van der Waals surface area contributed by atoms with Gasteiger partial charge in [-0.15, -0.1) is 0 Å². The lowest BCUT2D eigenvalue weighted by Gasteiger charge is -2.21. The third-order valence-corrected chi connectivity index (χ3v) is 1.79. The van der Waals surface area contributed by atoms with Crippen LogP contribution < -0.4 is 5.73 Å². The van der Waals surface area contributed by atoms with Crippen molar-refractivity contribution in [3.05, 3.63) is 0 Å². The van der Waals surface area contributed by atoms with Gasteiger partial charge < -0.3 is 20.1 Å². The van der Waals surface area contributed by atoms with Crippen LogP contribution in [0.2, 0.25) is 0 Å². The van der Waals surface area contributed by atoms with E-state index in [0.717, 1.165) is 19.7 Å². The van der Waals surface area contributed by atoms with Crippen molar-refractivity contribution >= 4 is 0 Å². The summed E-state index contributed by atoms with van der Waals surface area (Å²) in [7, 11) is 5.41. The van der Waals surface area contributed by atoms with Crippen LogP contribution in [0.3, 0.4) is 0 Å². The van der Waals surface area contributed by atoms with E-state index in [9.17, 15) is 0 Å². The van der Waals surface area contributed by atoms with Crippen molar-refractivity contribution in [2.75, 3.05) is 47.5 Å². The SMILES string of the molecule is COCCN(C)CC(CN)OC. The molecule has 0 amide bonds. The summed E-state index contributed by atoms with van der Waals surface area (Å²) >= 11 is 0. The molecular formula is C8H20N2O2. The summed E-state index contributed by atoms with van der Waals surface area (Å²) < 4.78 is 10.1. The highest BCUT2D eigenvalue weighted by Gasteiger charge is 2.07. The Morgan fingerprint density at radius 2 is 2.08 bits per heavy atom. The maximum atomic E-state index is 5.48. The van der Waals surface area contributed by atoms with Gasteiger partial charge in [0.15, 0.2) is 0 Å². The second kappa shape index (κ2) is 7.49. The highest BCUT2D eigenvalue weighted by atomic mass is 16.5. The quantitative estimate of drug-likeness (QED) is 0.570. The number of rotatable bonds is 7. The van der Waals surface area contributed by atoms with Crippen molar-refractivity contribution in [1.29, 1.82) is 0 Å². The molecule has 12 heavy (non-hydrogen) atoms. The number of likely N-dealkylation sites (N-methyl/N-ethyl adjacent to an activating group) is 1. The van der Waals surface area contributed by atoms with Crippen LogP contribution in [0.1, 0.15) is 0 Å². The summed E-state index contributed by atoms with van der Waals surface area (Å²) in [5, 5.41) is 0. The topological polar surface area (TPSA) is 47.7 Å². The van der Waals surface area contributed by atoms with Crippen LogP contribution in [0.25, 0.3) is 0 Å². The zero-order valence-corrected chi connectivity index (χ0v) is 8.25. The molecule has 0 aromatic carbocycles. The van der Waals surface area contributed by atoms with Gasteiger partial charge in [0.2, 0.25) is 0 Å². The van der Waals surface area contributed by atoms with Crippen LogP contribution >= 0.6 is 0 Å². The molecule has 0 saturated heterocycles. The molecule has 1 unspecified atom stereocenters. The van der Waals surface area contributed by atoms with E-state index in [0.29, 0.717) is 6.54 Å². The van der Waals surface area contributed by atoms with Gasteiger partial charge in [-0.3, -0.25) is 0 Å². The number of nitrogens with zero attached hydrogens (tertiary/aromatic N) is 1. The second-order valence-corrected chi connectivity index (χ2v) is 2.85. The molecule has 0 aromatic rings. The lowest BCUT2D eigenvalue weighted by atomic mass is 10.3. The zero-order valence-electron chi connectivity index (χ0n) is 8.25. The first-order chi connectivity index (χ1) is 5.74. The largest absolute Gasteiger partial charge is 0.383 e. The standard InChI is InChI=1S/C8H20N2O2/c1-10(4-5-11-2)7-8(6-9)12-3/h8H,4-7,9H2,1-3H3. The van der Waals surface area contributed by atoms with E-state index in [1.165, 1.54) is 0 Å². The van der Waals surface area contributed by atoms with Crippen molar-refractivity contribution < 1.29 is 9.47 Å². The summed E-state index contributed by atoms with van der Waals surface area (Å²) in [5.74, 6) is 0. The van der Waals surface area contributed by atoms with E-state index in [-0.39, 0.29) is 6.10 Å². The van der Waals surface area contributed by atoms with Gasteiger partial charge in [0.25, 0.3) is 0 Å². The van der Waals surface area contributed by atoms with Crippen LogP contribution in [0.15, 0.2) is 0 Å². The van der Waals surface area contributed by atoms with E-state index in [1.54, 1.807) is 14.2 Å². The third kappa shape index (κ3) is 5.49. The van der Waals surface area contributed by atoms with Gasteiger partial charge in [0.05, 0.1) is 12.7 Å². The average Bonchev–Trinajstić information content (AvgIpc) is 2.10. The molecule has 0 saturated carbocycles. The average molecular weight is 176 g/mol. The predicted molar refractivity (Wildman–Crippen MR) is 49.2 cm³/mol. The molecular weight excluding hydrogens is 156 g/mol. The normalized spacial score (nSPS) is 13.8. The highest BCUT2D eigenvalue weighted by molar-refractivity contribution is 4.62. The molecule has 0 bridgehead atoms. The highest BCUT2D eigenvalue weighted by Crippen LogP contribution is 1.91.